The molecule has 11 heteroatoms. The average Bonchev–Trinajstić information content (AvgIpc) is 3.49. The third kappa shape index (κ3) is 7.38. The van der Waals surface area contributed by atoms with Crippen LogP contribution in [0, 0.1) is 10.1 Å². The summed E-state index contributed by atoms with van der Waals surface area (Å²) in [5.74, 6) is -1.39. The maximum absolute atomic E-state index is 13.5. The van der Waals surface area contributed by atoms with E-state index in [0.29, 0.717) is 23.4 Å². The number of nitro benzene ring substituents is 1. The van der Waals surface area contributed by atoms with E-state index < -0.39 is 22.8 Å². The number of aromatic nitrogens is 2. The number of imidazole rings is 1. The summed E-state index contributed by atoms with van der Waals surface area (Å²) in [5.41, 5.74) is 3.52. The van der Waals surface area contributed by atoms with Gasteiger partial charge < -0.3 is 24.5 Å². The van der Waals surface area contributed by atoms with Gasteiger partial charge in [0.2, 0.25) is 0 Å². The second kappa shape index (κ2) is 14.0. The number of nitrogens with one attached hydrogen (secondary N) is 2. The van der Waals surface area contributed by atoms with Gasteiger partial charge in [0.15, 0.2) is 0 Å². The molecule has 1 aromatic heterocycles. The Labute approximate surface area is 243 Å². The Morgan fingerprint density at radius 1 is 1.02 bits per heavy atom. The summed E-state index contributed by atoms with van der Waals surface area (Å²) in [7, 11) is 1.48. The number of carbonyl (C=O) groups is 2. The van der Waals surface area contributed by atoms with E-state index in [9.17, 15) is 19.7 Å². The van der Waals surface area contributed by atoms with E-state index in [1.165, 1.54) is 25.3 Å². The van der Waals surface area contributed by atoms with Crippen molar-refractivity contribution in [1.82, 2.24) is 15.3 Å². The number of ether oxygens (including phenoxy) is 3. The largest absolute Gasteiger partial charge is 0.460 e. The number of nitrogens with zero attached hydrogens (tertiary/aromatic N) is 2. The van der Waals surface area contributed by atoms with Crippen LogP contribution in [-0.2, 0) is 30.2 Å². The fourth-order valence-corrected chi connectivity index (χ4v) is 4.70. The molecule has 1 unspecified atom stereocenters. The Balaban J connectivity index is 1.52. The van der Waals surface area contributed by atoms with Crippen LogP contribution < -0.4 is 5.32 Å². The molecule has 0 radical (unpaired) electrons. The highest BCUT2D eigenvalue weighted by molar-refractivity contribution is 6.00. The van der Waals surface area contributed by atoms with Crippen molar-refractivity contribution in [3.63, 3.8) is 0 Å². The molecule has 0 saturated heterocycles. The molecule has 2 heterocycles. The molecule has 0 amide bonds. The number of benzene rings is 2. The van der Waals surface area contributed by atoms with E-state index >= 15 is 0 Å². The van der Waals surface area contributed by atoms with Crippen molar-refractivity contribution in [2.75, 3.05) is 26.9 Å². The lowest BCUT2D eigenvalue weighted by Crippen LogP contribution is -2.32. The fourth-order valence-electron chi connectivity index (χ4n) is 4.70. The Morgan fingerprint density at radius 3 is 2.38 bits per heavy atom. The Morgan fingerprint density at radius 2 is 1.74 bits per heavy atom. The maximum Gasteiger partial charge on any atom is 0.337 e. The minimum absolute atomic E-state index is 0.00483. The number of H-pyrrole nitrogens is 1. The standard InChI is InChI=1S/C31H32N4O7/c1-20-27(30(36)41-15-5-6-22-9-11-23(12-10-22)18-26-32-13-14-33-26)29(24-7-4-8-25(19-24)35(38)39)28(21(2)34-20)31(37)42-17-16-40-3/h4-14,19,29,34H,15-18H2,1-3H3,(H,32,33). The van der Waals surface area contributed by atoms with Crippen molar-refractivity contribution in [3.05, 3.63) is 122 Å². The number of carbonyl (C=O) groups excluding carboxylic acids is 2. The molecule has 1 aliphatic heterocycles. The van der Waals surface area contributed by atoms with Crippen LogP contribution in [0.1, 0.15) is 42.3 Å². The Kier molecular flexibility index (Phi) is 10.0. The molecule has 0 spiro atoms. The second-order valence-electron chi connectivity index (χ2n) is 9.57. The smallest absolute Gasteiger partial charge is 0.337 e. The molecular weight excluding hydrogens is 540 g/mol. The van der Waals surface area contributed by atoms with Crippen LogP contribution in [0.2, 0.25) is 0 Å². The van der Waals surface area contributed by atoms with Crippen molar-refractivity contribution in [2.24, 2.45) is 0 Å². The van der Waals surface area contributed by atoms with Crippen molar-refractivity contribution in [3.8, 4) is 0 Å². The number of hydrogen-bond donors (Lipinski definition) is 2. The summed E-state index contributed by atoms with van der Waals surface area (Å²) in [4.78, 5) is 45.0. The lowest BCUT2D eigenvalue weighted by atomic mass is 9.80. The number of esters is 2. The number of nitro groups is 1. The van der Waals surface area contributed by atoms with Gasteiger partial charge in [-0.05, 0) is 36.6 Å². The van der Waals surface area contributed by atoms with Crippen LogP contribution in [-0.4, -0.2) is 53.8 Å². The first-order valence-electron chi connectivity index (χ1n) is 13.3. The molecule has 0 bridgehead atoms. The van der Waals surface area contributed by atoms with Crippen molar-refractivity contribution < 1.29 is 28.7 Å². The summed E-state index contributed by atoms with van der Waals surface area (Å²) in [6.45, 7) is 3.55. The van der Waals surface area contributed by atoms with Crippen LogP contribution in [0.25, 0.3) is 6.08 Å². The molecule has 0 saturated carbocycles. The van der Waals surface area contributed by atoms with Crippen LogP contribution in [0.3, 0.4) is 0 Å². The summed E-state index contributed by atoms with van der Waals surface area (Å²) < 4.78 is 15.9. The van der Waals surface area contributed by atoms with Gasteiger partial charge in [-0.25, -0.2) is 14.6 Å². The third-order valence-corrected chi connectivity index (χ3v) is 6.66. The zero-order chi connectivity index (χ0) is 30.1. The summed E-state index contributed by atoms with van der Waals surface area (Å²) in [5, 5.41) is 14.6. The normalized spacial score (nSPS) is 15.1. The molecule has 3 aromatic rings. The molecule has 11 nitrogen and oxygen atoms in total. The van der Waals surface area contributed by atoms with E-state index in [4.69, 9.17) is 14.2 Å². The van der Waals surface area contributed by atoms with Gasteiger partial charge in [-0.1, -0.05) is 42.5 Å². The van der Waals surface area contributed by atoms with Crippen molar-refractivity contribution in [2.45, 2.75) is 26.2 Å². The van der Waals surface area contributed by atoms with Crippen LogP contribution in [0.4, 0.5) is 5.69 Å². The van der Waals surface area contributed by atoms with Gasteiger partial charge in [-0.15, -0.1) is 0 Å². The molecule has 2 N–H and O–H groups in total. The average molecular weight is 573 g/mol. The van der Waals surface area contributed by atoms with E-state index in [1.54, 1.807) is 38.4 Å². The van der Waals surface area contributed by atoms with Gasteiger partial charge in [0, 0.05) is 49.5 Å². The van der Waals surface area contributed by atoms with Gasteiger partial charge in [0.25, 0.3) is 5.69 Å². The molecule has 0 aliphatic carbocycles. The fraction of sp³-hybridized carbons (Fsp3) is 0.258. The maximum atomic E-state index is 13.5. The SMILES string of the molecule is COCCOC(=O)C1=C(C)NC(C)=C(C(=O)OCC=Cc2ccc(Cc3ncc[nH]3)cc2)C1c1cccc([N+](=O)[O-])c1. The second-order valence-corrected chi connectivity index (χ2v) is 9.57. The quantitative estimate of drug-likeness (QED) is 0.138. The van der Waals surface area contributed by atoms with Gasteiger partial charge in [-0.3, -0.25) is 10.1 Å². The molecule has 1 aliphatic rings. The third-order valence-electron chi connectivity index (χ3n) is 6.66. The number of allylic oxidation sites excluding steroid dienone is 2. The summed E-state index contributed by atoms with van der Waals surface area (Å²) >= 11 is 0. The van der Waals surface area contributed by atoms with Gasteiger partial charge in [0.1, 0.15) is 19.0 Å². The zero-order valence-corrected chi connectivity index (χ0v) is 23.6. The van der Waals surface area contributed by atoms with Crippen molar-refractivity contribution in [1.29, 1.82) is 0 Å². The van der Waals surface area contributed by atoms with E-state index in [1.807, 2.05) is 30.3 Å². The van der Waals surface area contributed by atoms with E-state index in [0.717, 1.165) is 17.0 Å². The highest BCUT2D eigenvalue weighted by atomic mass is 16.6. The van der Waals surface area contributed by atoms with Gasteiger partial charge in [0.05, 0.1) is 28.6 Å². The summed E-state index contributed by atoms with van der Waals surface area (Å²) in [6, 6.07) is 13.8. The topological polar surface area (TPSA) is 146 Å². The van der Waals surface area contributed by atoms with Gasteiger partial charge in [-0.2, -0.15) is 0 Å². The van der Waals surface area contributed by atoms with Crippen LogP contribution in [0.5, 0.6) is 0 Å². The first-order chi connectivity index (χ1) is 20.3. The lowest BCUT2D eigenvalue weighted by molar-refractivity contribution is -0.384. The minimum Gasteiger partial charge on any atom is -0.460 e. The van der Waals surface area contributed by atoms with Crippen LogP contribution in [0.15, 0.2) is 89.5 Å². The summed E-state index contributed by atoms with van der Waals surface area (Å²) in [6.07, 6.45) is 7.75. The van der Waals surface area contributed by atoms with E-state index in [-0.39, 0.29) is 36.7 Å². The number of non-ortho nitro benzene ring substituents is 1. The molecule has 0 fully saturated rings. The predicted octanol–water partition coefficient (Wildman–Crippen LogP) is 4.59. The molecule has 42 heavy (non-hydrogen) atoms. The zero-order valence-electron chi connectivity index (χ0n) is 23.6. The molecule has 1 atom stereocenters. The highest BCUT2D eigenvalue weighted by Gasteiger charge is 2.38. The number of methoxy groups -OCH3 is 1. The molecule has 218 valence electrons. The van der Waals surface area contributed by atoms with E-state index in [2.05, 4.69) is 15.3 Å². The highest BCUT2D eigenvalue weighted by Crippen LogP contribution is 2.40. The number of dihydropyridines is 1. The first kappa shape index (κ1) is 29.9. The molecule has 2 aromatic carbocycles. The minimum atomic E-state index is -0.945. The van der Waals surface area contributed by atoms with Gasteiger partial charge >= 0.3 is 11.9 Å². The predicted molar refractivity (Wildman–Crippen MR) is 155 cm³/mol. The van der Waals surface area contributed by atoms with Crippen LogP contribution >= 0.6 is 0 Å². The lowest BCUT2D eigenvalue weighted by Gasteiger charge is -2.30. The molecular formula is C31H32N4O7. The number of hydrogen-bond acceptors (Lipinski definition) is 9. The number of rotatable bonds is 12. The Bertz CT molecular complexity index is 1520. The van der Waals surface area contributed by atoms with Crippen molar-refractivity contribution >= 4 is 23.7 Å². The molecule has 4 rings (SSSR count). The monoisotopic (exact) mass is 572 g/mol. The first-order valence-corrected chi connectivity index (χ1v) is 13.3. The Hall–Kier alpha value is -5.03. The number of aromatic amines is 1.